The molecule has 0 saturated carbocycles. The monoisotopic (exact) mass is 514 g/mol. The molecule has 10 nitrogen and oxygen atoms in total. The van der Waals surface area contributed by atoms with E-state index in [1.807, 2.05) is 6.08 Å². The summed E-state index contributed by atoms with van der Waals surface area (Å²) >= 11 is 0. The molecule has 2 aliphatic rings. The Bertz CT molecular complexity index is 804. The van der Waals surface area contributed by atoms with Crippen LogP contribution in [0.25, 0.3) is 0 Å². The summed E-state index contributed by atoms with van der Waals surface area (Å²) < 4.78 is 5.42. The second kappa shape index (κ2) is 13.6. The lowest BCUT2D eigenvalue weighted by Crippen LogP contribution is -2.59. The van der Waals surface area contributed by atoms with Gasteiger partial charge in [0.15, 0.2) is 0 Å². The predicted octanol–water partition coefficient (Wildman–Crippen LogP) is 0.526. The number of carbonyl (C=O) groups excluding carboxylic acids is 5. The van der Waals surface area contributed by atoms with Crippen molar-refractivity contribution in [3.8, 4) is 0 Å². The molecule has 4 N–H and O–H groups in total. The van der Waals surface area contributed by atoms with E-state index < -0.39 is 60.4 Å². The molecule has 0 aromatic rings. The van der Waals surface area contributed by atoms with Gasteiger partial charge in [0.05, 0.1) is 6.42 Å². The minimum Gasteiger partial charge on any atom is -0.456 e. The van der Waals surface area contributed by atoms with Crippen molar-refractivity contribution in [1.29, 1.82) is 0 Å². The maximum absolute atomic E-state index is 13.1. The second-order valence-corrected chi connectivity index (χ2v) is 11.5. The van der Waals surface area contributed by atoms with Crippen molar-refractivity contribution in [2.45, 2.75) is 64.8 Å². The van der Waals surface area contributed by atoms with Crippen molar-refractivity contribution in [3.05, 3.63) is 12.2 Å². The van der Waals surface area contributed by atoms with Crippen LogP contribution in [0.3, 0.4) is 0 Å². The van der Waals surface area contributed by atoms with Gasteiger partial charge in [-0.3, -0.25) is 24.0 Å². The first-order chi connectivity index (χ1) is 16.1. The first-order valence-corrected chi connectivity index (χ1v) is 13.9. The Morgan fingerprint density at radius 3 is 2.24 bits per heavy atom. The molecule has 0 aliphatic carbocycles. The molecule has 0 aromatic carbocycles. The number of carbonyl (C=O) groups is 5. The fourth-order valence-corrected chi connectivity index (χ4v) is 5.51. The van der Waals surface area contributed by atoms with Crippen LogP contribution in [-0.4, -0.2) is 71.9 Å². The Balaban J connectivity index is 2.46. The summed E-state index contributed by atoms with van der Waals surface area (Å²) in [5, 5.41) is 10.7. The Morgan fingerprint density at radius 2 is 1.56 bits per heavy atom. The van der Waals surface area contributed by atoms with Gasteiger partial charge < -0.3 is 26.0 Å². The standard InChI is InChI=1S/C22H34N4O6S2/c1-12(2)18-21(30)23-10-17(28)32-14-7-5-6-8-33-34-11-15(20(29)26-18)24-22(31)19(13(3)4)25-16(27)9-14/h5,7,12-15,18-19H,6,8-11H2,1-4H3,(H,23,30)(H,24,31)(H,25,27)(H,26,29)/b7-5+/t14-,15-,18-,19-/m1/s1. The van der Waals surface area contributed by atoms with Crippen molar-refractivity contribution in [2.24, 2.45) is 11.8 Å². The molecule has 34 heavy (non-hydrogen) atoms. The van der Waals surface area contributed by atoms with E-state index in [1.54, 1.807) is 33.8 Å². The van der Waals surface area contributed by atoms with E-state index in [9.17, 15) is 24.0 Å². The lowest BCUT2D eigenvalue weighted by atomic mass is 10.0. The molecule has 2 aliphatic heterocycles. The topological polar surface area (TPSA) is 143 Å². The van der Waals surface area contributed by atoms with E-state index in [0.29, 0.717) is 6.42 Å². The predicted molar refractivity (Wildman–Crippen MR) is 132 cm³/mol. The highest BCUT2D eigenvalue weighted by molar-refractivity contribution is 8.76. The Labute approximate surface area is 207 Å². The van der Waals surface area contributed by atoms with Crippen LogP contribution >= 0.6 is 21.6 Å². The van der Waals surface area contributed by atoms with E-state index in [-0.39, 0.29) is 24.0 Å². The maximum Gasteiger partial charge on any atom is 0.326 e. The number of amides is 4. The van der Waals surface area contributed by atoms with Gasteiger partial charge in [0, 0.05) is 11.5 Å². The summed E-state index contributed by atoms with van der Waals surface area (Å²) in [7, 11) is 2.97. The van der Waals surface area contributed by atoms with Gasteiger partial charge in [-0.15, -0.1) is 0 Å². The van der Waals surface area contributed by atoms with E-state index >= 15 is 0 Å². The minimum atomic E-state index is -0.913. The number of hydrogen-bond acceptors (Lipinski definition) is 8. The molecule has 2 bridgehead atoms. The molecule has 4 atom stereocenters. The fourth-order valence-electron chi connectivity index (χ4n) is 3.35. The smallest absolute Gasteiger partial charge is 0.326 e. The van der Waals surface area contributed by atoms with Gasteiger partial charge in [-0.2, -0.15) is 0 Å². The first kappa shape index (κ1) is 28.0. The Morgan fingerprint density at radius 1 is 0.882 bits per heavy atom. The van der Waals surface area contributed by atoms with Gasteiger partial charge in [-0.1, -0.05) is 55.4 Å². The molecular weight excluding hydrogens is 480 g/mol. The van der Waals surface area contributed by atoms with E-state index in [4.69, 9.17) is 4.74 Å². The van der Waals surface area contributed by atoms with Gasteiger partial charge in [0.1, 0.15) is 30.8 Å². The Hall–Kier alpha value is -2.21. The normalized spacial score (nSPS) is 29.4. The number of esters is 1. The minimum absolute atomic E-state index is 0.173. The number of rotatable bonds is 2. The van der Waals surface area contributed by atoms with Gasteiger partial charge in [0.25, 0.3) is 0 Å². The average molecular weight is 515 g/mol. The molecule has 0 unspecified atom stereocenters. The van der Waals surface area contributed by atoms with E-state index in [1.165, 1.54) is 21.6 Å². The lowest BCUT2D eigenvalue weighted by molar-refractivity contribution is -0.148. The fraction of sp³-hybridized carbons (Fsp3) is 0.682. The molecule has 2 rings (SSSR count). The third-order valence-electron chi connectivity index (χ3n) is 5.26. The molecule has 190 valence electrons. The van der Waals surface area contributed by atoms with Gasteiger partial charge in [-0.05, 0) is 24.3 Å². The highest BCUT2D eigenvalue weighted by Gasteiger charge is 2.33. The molecule has 1 saturated heterocycles. The van der Waals surface area contributed by atoms with Crippen LogP contribution < -0.4 is 21.3 Å². The van der Waals surface area contributed by atoms with Crippen LogP contribution in [0.15, 0.2) is 12.2 Å². The van der Waals surface area contributed by atoms with Crippen LogP contribution in [0.1, 0.15) is 40.5 Å². The highest BCUT2D eigenvalue weighted by atomic mass is 33.1. The van der Waals surface area contributed by atoms with Crippen LogP contribution in [-0.2, 0) is 28.7 Å². The van der Waals surface area contributed by atoms with E-state index in [2.05, 4.69) is 21.3 Å². The van der Waals surface area contributed by atoms with Crippen LogP contribution in [0, 0.1) is 11.8 Å². The summed E-state index contributed by atoms with van der Waals surface area (Å²) in [5.41, 5.74) is 0. The summed E-state index contributed by atoms with van der Waals surface area (Å²) in [6, 6.07) is -2.70. The average Bonchev–Trinajstić information content (AvgIpc) is 2.76. The largest absolute Gasteiger partial charge is 0.456 e. The van der Waals surface area contributed by atoms with Crippen molar-refractivity contribution >= 4 is 51.2 Å². The molecule has 0 spiro atoms. The van der Waals surface area contributed by atoms with Crippen molar-refractivity contribution < 1.29 is 28.7 Å². The van der Waals surface area contributed by atoms with Crippen molar-refractivity contribution in [1.82, 2.24) is 21.3 Å². The SMILES string of the molecule is CC(C)[C@H]1NC(=O)C[C@H]2/C=C/CCSSC[C@@H](NC1=O)C(=O)N[C@H](C(C)C)C(=O)NCC(=O)O2. The third-order valence-corrected chi connectivity index (χ3v) is 7.71. The number of hydrogen-bond donors (Lipinski definition) is 4. The number of nitrogens with one attached hydrogen (secondary N) is 4. The van der Waals surface area contributed by atoms with Crippen LogP contribution in [0.5, 0.6) is 0 Å². The van der Waals surface area contributed by atoms with E-state index in [0.717, 1.165) is 5.75 Å². The number of ether oxygens (including phenoxy) is 1. The summed E-state index contributed by atoms with van der Waals surface area (Å²) in [6.45, 7) is 6.71. The zero-order valence-corrected chi connectivity index (χ0v) is 21.6. The third kappa shape index (κ3) is 8.86. The molecule has 2 heterocycles. The molecule has 1 fully saturated rings. The van der Waals surface area contributed by atoms with Crippen LogP contribution in [0.4, 0.5) is 0 Å². The molecule has 12 heteroatoms. The molecular formula is C22H34N4O6S2. The summed E-state index contributed by atoms with van der Waals surface area (Å²) in [6.07, 6.45) is 3.13. The number of allylic oxidation sites excluding steroid dienone is 1. The Kier molecular flexibility index (Phi) is 11.2. The molecule has 4 amide bonds. The summed E-state index contributed by atoms with van der Waals surface area (Å²) in [4.78, 5) is 64.0. The second-order valence-electron chi connectivity index (χ2n) is 8.85. The quantitative estimate of drug-likeness (QED) is 0.237. The van der Waals surface area contributed by atoms with Crippen molar-refractivity contribution in [2.75, 3.05) is 18.1 Å². The van der Waals surface area contributed by atoms with Crippen LogP contribution in [0.2, 0.25) is 0 Å². The number of fused-ring (bicyclic) bond motifs is 7. The zero-order valence-electron chi connectivity index (χ0n) is 19.9. The van der Waals surface area contributed by atoms with Crippen molar-refractivity contribution in [3.63, 3.8) is 0 Å². The molecule has 0 aromatic heterocycles. The van der Waals surface area contributed by atoms with Gasteiger partial charge in [0.2, 0.25) is 23.6 Å². The van der Waals surface area contributed by atoms with Gasteiger partial charge >= 0.3 is 5.97 Å². The van der Waals surface area contributed by atoms with Gasteiger partial charge in [-0.25, -0.2) is 0 Å². The zero-order chi connectivity index (χ0) is 25.3. The highest BCUT2D eigenvalue weighted by Crippen LogP contribution is 2.24. The molecule has 0 radical (unpaired) electrons. The maximum atomic E-state index is 13.1. The summed E-state index contributed by atoms with van der Waals surface area (Å²) in [5.74, 6) is -2.23. The lowest BCUT2D eigenvalue weighted by Gasteiger charge is -2.28. The first-order valence-electron chi connectivity index (χ1n) is 11.4.